The van der Waals surface area contributed by atoms with Crippen molar-refractivity contribution in [2.45, 2.75) is 31.2 Å². The largest absolute Gasteiger partial charge is 0.464 e. The number of aromatic nitrogens is 2. The lowest BCUT2D eigenvalue weighted by molar-refractivity contribution is 0.0592. The van der Waals surface area contributed by atoms with Gasteiger partial charge < -0.3 is 10.1 Å². The highest BCUT2D eigenvalue weighted by Gasteiger charge is 2.28. The first-order valence-corrected chi connectivity index (χ1v) is 7.15. The molecule has 0 radical (unpaired) electrons. The lowest BCUT2D eigenvalue weighted by atomic mass is 10.1. The molecule has 0 spiro atoms. The van der Waals surface area contributed by atoms with Crippen LogP contribution in [-0.2, 0) is 17.8 Å². The molecule has 1 atom stereocenters. The minimum atomic E-state index is -0.360. The number of esters is 1. The van der Waals surface area contributed by atoms with Gasteiger partial charge in [0.15, 0.2) is 5.69 Å². The highest BCUT2D eigenvalue weighted by atomic mass is 32.2. The Morgan fingerprint density at radius 1 is 1.44 bits per heavy atom. The molecule has 0 aromatic carbocycles. The summed E-state index contributed by atoms with van der Waals surface area (Å²) in [4.78, 5) is 20.9. The molecule has 3 heterocycles. The molecule has 6 heteroatoms. The van der Waals surface area contributed by atoms with E-state index in [4.69, 9.17) is 4.74 Å². The minimum Gasteiger partial charge on any atom is -0.464 e. The van der Waals surface area contributed by atoms with Gasteiger partial charge in [-0.1, -0.05) is 0 Å². The summed E-state index contributed by atoms with van der Waals surface area (Å²) in [7, 11) is 1.39. The van der Waals surface area contributed by atoms with Gasteiger partial charge in [0, 0.05) is 18.7 Å². The summed E-state index contributed by atoms with van der Waals surface area (Å²) in [6.45, 7) is 1.37. The molecular weight excluding hydrogens is 250 g/mol. The van der Waals surface area contributed by atoms with Crippen LogP contribution in [0.25, 0.3) is 0 Å². The summed E-state index contributed by atoms with van der Waals surface area (Å²) in [5.74, 6) is 1.58. The third-order valence-corrected chi connectivity index (χ3v) is 4.67. The fourth-order valence-corrected chi connectivity index (χ4v) is 3.58. The molecule has 0 bridgehead atoms. The van der Waals surface area contributed by atoms with Crippen molar-refractivity contribution in [1.82, 2.24) is 15.3 Å². The van der Waals surface area contributed by atoms with E-state index < -0.39 is 0 Å². The molecule has 3 rings (SSSR count). The van der Waals surface area contributed by atoms with Crippen LogP contribution in [0.5, 0.6) is 0 Å². The van der Waals surface area contributed by atoms with Crippen molar-refractivity contribution in [2.24, 2.45) is 0 Å². The molecule has 2 aliphatic heterocycles. The Bertz CT molecular complexity index is 486. The summed E-state index contributed by atoms with van der Waals surface area (Å²) >= 11 is 1.87. The van der Waals surface area contributed by atoms with E-state index in [2.05, 4.69) is 15.3 Å². The van der Waals surface area contributed by atoms with E-state index in [9.17, 15) is 4.79 Å². The molecule has 0 saturated carbocycles. The maximum absolute atomic E-state index is 11.8. The average molecular weight is 265 g/mol. The zero-order valence-electron chi connectivity index (χ0n) is 10.2. The number of carbonyl (C=O) groups is 1. The molecule has 1 aromatic rings. The van der Waals surface area contributed by atoms with Crippen molar-refractivity contribution >= 4 is 17.7 Å². The normalized spacial score (nSPS) is 21.9. The highest BCUT2D eigenvalue weighted by molar-refractivity contribution is 7.99. The van der Waals surface area contributed by atoms with Crippen LogP contribution < -0.4 is 5.32 Å². The number of hydrogen-bond acceptors (Lipinski definition) is 6. The van der Waals surface area contributed by atoms with Crippen LogP contribution in [0.4, 0.5) is 0 Å². The maximum atomic E-state index is 11.8. The quantitative estimate of drug-likeness (QED) is 0.816. The van der Waals surface area contributed by atoms with Crippen LogP contribution in [0.2, 0.25) is 0 Å². The number of hydrogen-bond donors (Lipinski definition) is 1. The van der Waals surface area contributed by atoms with Crippen LogP contribution in [0.3, 0.4) is 0 Å². The summed E-state index contributed by atoms with van der Waals surface area (Å²) in [5, 5.41) is 3.54. The van der Waals surface area contributed by atoms with E-state index in [1.165, 1.54) is 13.5 Å². The molecule has 0 amide bonds. The number of rotatable bonds is 2. The van der Waals surface area contributed by atoms with Crippen molar-refractivity contribution in [2.75, 3.05) is 12.9 Å². The Morgan fingerprint density at radius 2 is 2.33 bits per heavy atom. The van der Waals surface area contributed by atoms with E-state index in [1.54, 1.807) is 0 Å². The van der Waals surface area contributed by atoms with Crippen LogP contribution >= 0.6 is 11.8 Å². The van der Waals surface area contributed by atoms with Gasteiger partial charge in [-0.15, -0.1) is 0 Å². The number of fused-ring (bicyclic) bond motifs is 1. The van der Waals surface area contributed by atoms with Gasteiger partial charge in [0.05, 0.1) is 18.1 Å². The fraction of sp³-hybridized carbons (Fsp3) is 0.583. The second-order valence-corrected chi connectivity index (χ2v) is 5.76. The van der Waals surface area contributed by atoms with Gasteiger partial charge in [-0.05, 0) is 18.6 Å². The topological polar surface area (TPSA) is 64.1 Å². The Labute approximate surface area is 110 Å². The Balaban J connectivity index is 2.03. The molecule has 5 nitrogen and oxygen atoms in total. The van der Waals surface area contributed by atoms with E-state index >= 15 is 0 Å². The van der Waals surface area contributed by atoms with Gasteiger partial charge in [-0.25, -0.2) is 14.8 Å². The lowest BCUT2D eigenvalue weighted by Crippen LogP contribution is -2.13. The van der Waals surface area contributed by atoms with Crippen LogP contribution in [0.15, 0.2) is 0 Å². The average Bonchev–Trinajstić information content (AvgIpc) is 3.06. The van der Waals surface area contributed by atoms with Crippen LogP contribution in [0, 0.1) is 0 Å². The number of ether oxygens (including phenoxy) is 1. The van der Waals surface area contributed by atoms with E-state index in [0.29, 0.717) is 24.0 Å². The summed E-state index contributed by atoms with van der Waals surface area (Å²) in [5.41, 5.74) is 2.29. The van der Waals surface area contributed by atoms with E-state index in [0.717, 1.165) is 29.3 Å². The molecule has 1 saturated heterocycles. The highest BCUT2D eigenvalue weighted by Crippen LogP contribution is 2.38. The number of thioether (sulfide) groups is 1. The second kappa shape index (κ2) is 4.85. The monoisotopic (exact) mass is 265 g/mol. The first kappa shape index (κ1) is 11.9. The molecular formula is C12H15N3O2S. The first-order valence-electron chi connectivity index (χ1n) is 6.10. The van der Waals surface area contributed by atoms with Crippen LogP contribution in [0.1, 0.15) is 45.7 Å². The van der Waals surface area contributed by atoms with Crippen molar-refractivity contribution in [1.29, 1.82) is 0 Å². The van der Waals surface area contributed by atoms with Crippen molar-refractivity contribution in [3.63, 3.8) is 0 Å². The zero-order valence-corrected chi connectivity index (χ0v) is 11.0. The maximum Gasteiger partial charge on any atom is 0.357 e. The summed E-state index contributed by atoms with van der Waals surface area (Å²) in [6.07, 6.45) is 2.29. The van der Waals surface area contributed by atoms with Gasteiger partial charge in [-0.3, -0.25) is 0 Å². The molecule has 18 heavy (non-hydrogen) atoms. The molecule has 1 fully saturated rings. The lowest BCUT2D eigenvalue weighted by Gasteiger charge is -2.11. The van der Waals surface area contributed by atoms with E-state index in [1.807, 2.05) is 11.8 Å². The molecule has 1 aromatic heterocycles. The van der Waals surface area contributed by atoms with Crippen molar-refractivity contribution < 1.29 is 9.53 Å². The first-order chi connectivity index (χ1) is 8.79. The molecule has 96 valence electrons. The number of nitrogens with zero attached hydrogens (tertiary/aromatic N) is 2. The van der Waals surface area contributed by atoms with Crippen molar-refractivity contribution in [3.8, 4) is 0 Å². The third-order valence-electron chi connectivity index (χ3n) is 3.30. The molecule has 2 aliphatic rings. The SMILES string of the molecule is COC(=O)c1nc(C2CCCS2)nc2c1CNC2. The van der Waals surface area contributed by atoms with Crippen LogP contribution in [-0.4, -0.2) is 28.8 Å². The van der Waals surface area contributed by atoms with Crippen molar-refractivity contribution in [3.05, 3.63) is 22.8 Å². The second-order valence-electron chi connectivity index (χ2n) is 4.45. The number of carbonyl (C=O) groups excluding carboxylic acids is 1. The summed E-state index contributed by atoms with van der Waals surface area (Å²) in [6, 6.07) is 0. The predicted molar refractivity (Wildman–Crippen MR) is 68.3 cm³/mol. The number of methoxy groups -OCH3 is 1. The standard InChI is InChI=1S/C12H15N3O2S/c1-17-12(16)10-7-5-13-6-8(7)14-11(15-10)9-3-2-4-18-9/h9,13H,2-6H2,1H3. The summed E-state index contributed by atoms with van der Waals surface area (Å²) < 4.78 is 4.82. The van der Waals surface area contributed by atoms with E-state index in [-0.39, 0.29) is 5.97 Å². The smallest absolute Gasteiger partial charge is 0.357 e. The van der Waals surface area contributed by atoms with Gasteiger partial charge in [0.25, 0.3) is 0 Å². The Morgan fingerprint density at radius 3 is 3.06 bits per heavy atom. The Kier molecular flexibility index (Phi) is 3.22. The Hall–Kier alpha value is -1.14. The molecule has 1 N–H and O–H groups in total. The van der Waals surface area contributed by atoms with Gasteiger partial charge >= 0.3 is 5.97 Å². The minimum absolute atomic E-state index is 0.333. The van der Waals surface area contributed by atoms with Gasteiger partial charge in [0.1, 0.15) is 5.82 Å². The fourth-order valence-electron chi connectivity index (χ4n) is 2.38. The molecule has 1 unspecified atom stereocenters. The van der Waals surface area contributed by atoms with Gasteiger partial charge in [0.2, 0.25) is 0 Å². The zero-order chi connectivity index (χ0) is 12.5. The molecule has 0 aliphatic carbocycles. The third kappa shape index (κ3) is 1.99. The van der Waals surface area contributed by atoms with Gasteiger partial charge in [-0.2, -0.15) is 11.8 Å². The number of nitrogens with one attached hydrogen (secondary N) is 1. The predicted octanol–water partition coefficient (Wildman–Crippen LogP) is 1.43.